The van der Waals surface area contributed by atoms with Gasteiger partial charge in [-0.05, 0) is 51.6 Å². The summed E-state index contributed by atoms with van der Waals surface area (Å²) in [6.07, 6.45) is 2.61. The molecule has 150 valence electrons. The van der Waals surface area contributed by atoms with Gasteiger partial charge in [0.05, 0.1) is 6.04 Å². The second-order valence-electron chi connectivity index (χ2n) is 8.00. The average molecular weight is 373 g/mol. The highest BCUT2D eigenvalue weighted by atomic mass is 15.3. The Morgan fingerprint density at radius 3 is 2.70 bits per heavy atom. The monoisotopic (exact) mass is 372 g/mol. The van der Waals surface area contributed by atoms with Crippen LogP contribution in [0.2, 0.25) is 0 Å². The first-order chi connectivity index (χ1) is 13.1. The van der Waals surface area contributed by atoms with Gasteiger partial charge in [0.1, 0.15) is 0 Å². The second kappa shape index (κ2) is 9.42. The fourth-order valence-corrected chi connectivity index (χ4v) is 3.99. The SMILES string of the molecule is CN=C(NCC1CN(C)CCN1C)NC(C)c1cccc(N2CCCC2)c1. The van der Waals surface area contributed by atoms with Crippen LogP contribution in [0.25, 0.3) is 0 Å². The van der Waals surface area contributed by atoms with Crippen LogP contribution in [0.3, 0.4) is 0 Å². The van der Waals surface area contributed by atoms with Gasteiger partial charge in [-0.3, -0.25) is 9.89 Å². The molecular weight excluding hydrogens is 336 g/mol. The molecule has 2 fully saturated rings. The van der Waals surface area contributed by atoms with Crippen molar-refractivity contribution < 1.29 is 0 Å². The zero-order valence-corrected chi connectivity index (χ0v) is 17.4. The summed E-state index contributed by atoms with van der Waals surface area (Å²) in [6, 6.07) is 9.64. The fraction of sp³-hybridized carbons (Fsp3) is 0.667. The molecule has 0 radical (unpaired) electrons. The number of anilines is 1. The topological polar surface area (TPSA) is 46.1 Å². The molecule has 3 rings (SSSR count). The predicted molar refractivity (Wildman–Crippen MR) is 115 cm³/mol. The summed E-state index contributed by atoms with van der Waals surface area (Å²) in [5.74, 6) is 0.871. The number of nitrogens with zero attached hydrogens (tertiary/aromatic N) is 4. The molecule has 2 heterocycles. The summed E-state index contributed by atoms with van der Waals surface area (Å²) in [4.78, 5) is 11.8. The Bertz CT molecular complexity index is 625. The van der Waals surface area contributed by atoms with Crippen molar-refractivity contribution in [2.45, 2.75) is 31.8 Å². The van der Waals surface area contributed by atoms with Crippen LogP contribution in [-0.2, 0) is 0 Å². The number of guanidine groups is 1. The standard InChI is InChI=1S/C21H36N6/c1-17(18-8-7-9-19(14-18)27-10-5-6-11-27)24-21(22-2)23-15-20-16-25(3)12-13-26(20)4/h7-9,14,17,20H,5-6,10-13,15-16H2,1-4H3,(H2,22,23,24). The molecule has 1 aromatic carbocycles. The molecule has 0 spiro atoms. The van der Waals surface area contributed by atoms with Gasteiger partial charge in [-0.2, -0.15) is 0 Å². The smallest absolute Gasteiger partial charge is 0.191 e. The van der Waals surface area contributed by atoms with Gasteiger partial charge in [0.25, 0.3) is 0 Å². The maximum atomic E-state index is 4.43. The normalized spacial score (nSPS) is 23.5. The summed E-state index contributed by atoms with van der Waals surface area (Å²) >= 11 is 0. The van der Waals surface area contributed by atoms with Crippen molar-refractivity contribution in [3.63, 3.8) is 0 Å². The Morgan fingerprint density at radius 2 is 1.96 bits per heavy atom. The van der Waals surface area contributed by atoms with E-state index in [-0.39, 0.29) is 6.04 Å². The van der Waals surface area contributed by atoms with E-state index >= 15 is 0 Å². The molecule has 6 nitrogen and oxygen atoms in total. The van der Waals surface area contributed by atoms with Crippen LogP contribution in [0.4, 0.5) is 5.69 Å². The van der Waals surface area contributed by atoms with Crippen LogP contribution in [0.1, 0.15) is 31.4 Å². The van der Waals surface area contributed by atoms with Gasteiger partial charge in [0.2, 0.25) is 0 Å². The molecule has 0 saturated carbocycles. The van der Waals surface area contributed by atoms with Crippen molar-refractivity contribution >= 4 is 11.6 Å². The molecule has 2 saturated heterocycles. The number of rotatable bonds is 5. The number of hydrogen-bond acceptors (Lipinski definition) is 4. The first kappa shape index (κ1) is 20.0. The zero-order chi connectivity index (χ0) is 19.2. The molecule has 2 atom stereocenters. The molecule has 6 heteroatoms. The van der Waals surface area contributed by atoms with E-state index in [1.54, 1.807) is 0 Å². The number of nitrogens with one attached hydrogen (secondary N) is 2. The minimum absolute atomic E-state index is 0.213. The van der Waals surface area contributed by atoms with Crippen LogP contribution in [0.15, 0.2) is 29.3 Å². The Balaban J connectivity index is 1.55. The van der Waals surface area contributed by atoms with E-state index in [4.69, 9.17) is 0 Å². The van der Waals surface area contributed by atoms with Gasteiger partial charge in [0, 0.05) is 58.0 Å². The van der Waals surface area contributed by atoms with E-state index < -0.39 is 0 Å². The highest BCUT2D eigenvalue weighted by Gasteiger charge is 2.22. The van der Waals surface area contributed by atoms with E-state index in [2.05, 4.69) is 75.6 Å². The van der Waals surface area contributed by atoms with Gasteiger partial charge in [-0.25, -0.2) is 0 Å². The maximum Gasteiger partial charge on any atom is 0.191 e. The van der Waals surface area contributed by atoms with Crippen molar-refractivity contribution in [1.29, 1.82) is 0 Å². The lowest BCUT2D eigenvalue weighted by Crippen LogP contribution is -2.55. The summed E-state index contributed by atoms with van der Waals surface area (Å²) in [5, 5.41) is 7.08. The quantitative estimate of drug-likeness (QED) is 0.609. The van der Waals surface area contributed by atoms with Gasteiger partial charge >= 0.3 is 0 Å². The zero-order valence-electron chi connectivity index (χ0n) is 17.4. The number of piperazine rings is 1. The van der Waals surface area contributed by atoms with E-state index in [9.17, 15) is 0 Å². The minimum atomic E-state index is 0.213. The molecule has 0 aliphatic carbocycles. The van der Waals surface area contributed by atoms with Crippen LogP contribution < -0.4 is 15.5 Å². The van der Waals surface area contributed by atoms with Gasteiger partial charge in [0.15, 0.2) is 5.96 Å². The largest absolute Gasteiger partial charge is 0.372 e. The highest BCUT2D eigenvalue weighted by Crippen LogP contribution is 2.23. The molecule has 2 N–H and O–H groups in total. The summed E-state index contributed by atoms with van der Waals surface area (Å²) in [5.41, 5.74) is 2.64. The van der Waals surface area contributed by atoms with Gasteiger partial charge in [-0.1, -0.05) is 12.1 Å². The van der Waals surface area contributed by atoms with Crippen LogP contribution in [-0.4, -0.2) is 82.2 Å². The summed E-state index contributed by atoms with van der Waals surface area (Å²) in [6.45, 7) is 8.82. The van der Waals surface area contributed by atoms with Crippen LogP contribution >= 0.6 is 0 Å². The Hall–Kier alpha value is -1.79. The van der Waals surface area contributed by atoms with Crippen molar-refractivity contribution in [1.82, 2.24) is 20.4 Å². The van der Waals surface area contributed by atoms with Crippen molar-refractivity contribution in [3.8, 4) is 0 Å². The average Bonchev–Trinajstić information content (AvgIpc) is 3.22. The number of benzene rings is 1. The lowest BCUT2D eigenvalue weighted by Gasteiger charge is -2.38. The van der Waals surface area contributed by atoms with E-state index in [0.29, 0.717) is 6.04 Å². The molecule has 1 aromatic rings. The van der Waals surface area contributed by atoms with E-state index in [0.717, 1.165) is 32.1 Å². The third-order valence-electron chi connectivity index (χ3n) is 5.90. The third kappa shape index (κ3) is 5.36. The van der Waals surface area contributed by atoms with E-state index in [1.165, 1.54) is 37.2 Å². The van der Waals surface area contributed by atoms with Crippen molar-refractivity contribution in [2.75, 3.05) is 65.3 Å². The van der Waals surface area contributed by atoms with Gasteiger partial charge in [-0.15, -0.1) is 0 Å². The predicted octanol–water partition coefficient (Wildman–Crippen LogP) is 1.76. The molecule has 2 aliphatic rings. The summed E-state index contributed by atoms with van der Waals surface area (Å²) in [7, 11) is 6.25. The highest BCUT2D eigenvalue weighted by molar-refractivity contribution is 5.80. The summed E-state index contributed by atoms with van der Waals surface area (Å²) < 4.78 is 0. The van der Waals surface area contributed by atoms with E-state index in [1.807, 2.05) is 7.05 Å². The lowest BCUT2D eigenvalue weighted by molar-refractivity contribution is 0.116. The molecule has 0 amide bonds. The maximum absolute atomic E-state index is 4.43. The first-order valence-corrected chi connectivity index (χ1v) is 10.3. The first-order valence-electron chi connectivity index (χ1n) is 10.3. The Kier molecular flexibility index (Phi) is 6.96. The molecule has 27 heavy (non-hydrogen) atoms. The lowest BCUT2D eigenvalue weighted by atomic mass is 10.1. The third-order valence-corrected chi connectivity index (χ3v) is 5.90. The van der Waals surface area contributed by atoms with Crippen molar-refractivity contribution in [2.24, 2.45) is 4.99 Å². The number of aliphatic imine (C=N–C) groups is 1. The Morgan fingerprint density at radius 1 is 1.19 bits per heavy atom. The Labute approximate surface area is 164 Å². The molecular formula is C21H36N6. The van der Waals surface area contributed by atoms with Crippen molar-refractivity contribution in [3.05, 3.63) is 29.8 Å². The molecule has 0 bridgehead atoms. The number of hydrogen-bond donors (Lipinski definition) is 2. The second-order valence-corrected chi connectivity index (χ2v) is 8.00. The van der Waals surface area contributed by atoms with Gasteiger partial charge < -0.3 is 20.4 Å². The fourth-order valence-electron chi connectivity index (χ4n) is 3.99. The molecule has 0 aromatic heterocycles. The minimum Gasteiger partial charge on any atom is -0.372 e. The molecule has 2 unspecified atom stereocenters. The van der Waals surface area contributed by atoms with Crippen LogP contribution in [0, 0.1) is 0 Å². The van der Waals surface area contributed by atoms with Crippen LogP contribution in [0.5, 0.6) is 0 Å². The molecule has 2 aliphatic heterocycles. The number of likely N-dealkylation sites (N-methyl/N-ethyl adjacent to an activating group) is 2.